The van der Waals surface area contributed by atoms with Crippen LogP contribution in [0.5, 0.6) is 11.5 Å². The van der Waals surface area contributed by atoms with Gasteiger partial charge in [-0.2, -0.15) is 0 Å². The van der Waals surface area contributed by atoms with Gasteiger partial charge in [-0.15, -0.1) is 0 Å². The molecule has 0 fully saturated rings. The molecule has 0 bridgehead atoms. The molecule has 108 valence electrons. The molecule has 0 unspecified atom stereocenters. The molecular formula is C14H10BrNO5. The Kier molecular flexibility index (Phi) is 4.89. The summed E-state index contributed by atoms with van der Waals surface area (Å²) < 4.78 is 11.1. The van der Waals surface area contributed by atoms with Crippen LogP contribution in [0.4, 0.5) is 5.69 Å². The van der Waals surface area contributed by atoms with Crippen molar-refractivity contribution in [1.29, 1.82) is 0 Å². The number of halogens is 1. The number of nitro groups is 1. The minimum atomic E-state index is -0.594. The Hall–Kier alpha value is -2.41. The first kappa shape index (κ1) is 15.0. The molecule has 2 rings (SSSR count). The fourth-order valence-electron chi connectivity index (χ4n) is 1.50. The van der Waals surface area contributed by atoms with Gasteiger partial charge in [0.2, 0.25) is 0 Å². The normalized spacial score (nSPS) is 9.95. The highest BCUT2D eigenvalue weighted by atomic mass is 79.9. The Labute approximate surface area is 128 Å². The van der Waals surface area contributed by atoms with E-state index in [4.69, 9.17) is 9.47 Å². The van der Waals surface area contributed by atoms with E-state index in [1.54, 1.807) is 18.2 Å². The van der Waals surface area contributed by atoms with Crippen LogP contribution in [0, 0.1) is 10.1 Å². The van der Waals surface area contributed by atoms with Gasteiger partial charge in [0.25, 0.3) is 5.69 Å². The van der Waals surface area contributed by atoms with Gasteiger partial charge in [0.05, 0.1) is 4.92 Å². The summed E-state index contributed by atoms with van der Waals surface area (Å²) in [5.74, 6) is 0.164. The lowest BCUT2D eigenvalue weighted by atomic mass is 10.3. The van der Waals surface area contributed by atoms with Gasteiger partial charge in [0, 0.05) is 16.6 Å². The number of ether oxygens (including phenoxy) is 2. The van der Waals surface area contributed by atoms with E-state index in [0.29, 0.717) is 5.75 Å². The van der Waals surface area contributed by atoms with Crippen molar-refractivity contribution < 1.29 is 19.2 Å². The fourth-order valence-corrected chi connectivity index (χ4v) is 1.87. The first-order valence-electron chi connectivity index (χ1n) is 5.88. The second-order valence-corrected chi connectivity index (χ2v) is 4.89. The summed E-state index contributed by atoms with van der Waals surface area (Å²) in [7, 11) is 0. The summed E-state index contributed by atoms with van der Waals surface area (Å²) in [6.45, 7) is -0.257. The Balaban J connectivity index is 1.88. The van der Waals surface area contributed by atoms with Crippen LogP contribution in [0.2, 0.25) is 0 Å². The Morgan fingerprint density at radius 1 is 1.14 bits per heavy atom. The number of carbonyl (C=O) groups excluding carboxylic acids is 1. The summed E-state index contributed by atoms with van der Waals surface area (Å²) in [5.41, 5.74) is -0.0693. The molecule has 0 aliphatic carbocycles. The standard InChI is InChI=1S/C14H10BrNO5/c15-10-2-1-3-13(8-10)20-9-14(17)21-12-6-4-11(5-7-12)16(18)19/h1-8H,9H2. The Morgan fingerprint density at radius 3 is 2.48 bits per heavy atom. The summed E-state index contributed by atoms with van der Waals surface area (Å²) in [6.07, 6.45) is 0. The molecule has 6 nitrogen and oxygen atoms in total. The smallest absolute Gasteiger partial charge is 0.349 e. The van der Waals surface area contributed by atoms with Crippen LogP contribution in [0.3, 0.4) is 0 Å². The van der Waals surface area contributed by atoms with Crippen LogP contribution in [-0.2, 0) is 4.79 Å². The number of non-ortho nitro benzene ring substituents is 1. The van der Waals surface area contributed by atoms with Crippen LogP contribution in [0.1, 0.15) is 0 Å². The summed E-state index contributed by atoms with van der Waals surface area (Å²) >= 11 is 3.29. The Bertz CT molecular complexity index is 657. The third-order valence-corrected chi connectivity index (χ3v) is 2.93. The van der Waals surface area contributed by atoms with Crippen molar-refractivity contribution in [2.75, 3.05) is 6.61 Å². The lowest BCUT2D eigenvalue weighted by Crippen LogP contribution is -2.17. The molecule has 0 heterocycles. The highest BCUT2D eigenvalue weighted by Crippen LogP contribution is 2.19. The van der Waals surface area contributed by atoms with Crippen molar-refractivity contribution in [2.45, 2.75) is 0 Å². The Morgan fingerprint density at radius 2 is 1.86 bits per heavy atom. The van der Waals surface area contributed by atoms with Gasteiger partial charge in [-0.05, 0) is 30.3 Å². The molecule has 2 aromatic rings. The summed E-state index contributed by atoms with van der Waals surface area (Å²) in [5, 5.41) is 10.5. The molecule has 7 heteroatoms. The van der Waals surface area contributed by atoms with Crippen molar-refractivity contribution in [1.82, 2.24) is 0 Å². The number of nitro benzene ring substituents is 1. The SMILES string of the molecule is O=C(COc1cccc(Br)c1)Oc1ccc([N+](=O)[O-])cc1. The topological polar surface area (TPSA) is 78.7 Å². The van der Waals surface area contributed by atoms with E-state index < -0.39 is 10.9 Å². The summed E-state index contributed by atoms with van der Waals surface area (Å²) in [4.78, 5) is 21.6. The first-order chi connectivity index (χ1) is 10.0. The fraction of sp³-hybridized carbons (Fsp3) is 0.0714. The molecule has 0 amide bonds. The van der Waals surface area contributed by atoms with Gasteiger partial charge < -0.3 is 9.47 Å². The van der Waals surface area contributed by atoms with E-state index in [1.807, 2.05) is 6.07 Å². The molecule has 2 aromatic carbocycles. The van der Waals surface area contributed by atoms with Crippen LogP contribution in [-0.4, -0.2) is 17.5 Å². The molecule has 0 saturated heterocycles. The third-order valence-electron chi connectivity index (χ3n) is 2.43. The molecule has 0 aliphatic heterocycles. The maximum absolute atomic E-state index is 11.6. The number of hydrogen-bond acceptors (Lipinski definition) is 5. The average molecular weight is 352 g/mol. The van der Waals surface area contributed by atoms with Gasteiger partial charge in [-0.25, -0.2) is 4.79 Å². The van der Waals surface area contributed by atoms with Crippen LogP contribution in [0.25, 0.3) is 0 Å². The highest BCUT2D eigenvalue weighted by molar-refractivity contribution is 9.10. The van der Waals surface area contributed by atoms with Gasteiger partial charge >= 0.3 is 5.97 Å². The molecule has 0 atom stereocenters. The van der Waals surface area contributed by atoms with Crippen LogP contribution >= 0.6 is 15.9 Å². The molecular weight excluding hydrogens is 342 g/mol. The molecule has 0 N–H and O–H groups in total. The lowest BCUT2D eigenvalue weighted by Gasteiger charge is -2.06. The summed E-state index contributed by atoms with van der Waals surface area (Å²) in [6, 6.07) is 12.3. The minimum absolute atomic E-state index is 0.0693. The highest BCUT2D eigenvalue weighted by Gasteiger charge is 2.09. The van der Waals surface area contributed by atoms with E-state index in [2.05, 4.69) is 15.9 Å². The third kappa shape index (κ3) is 4.57. The predicted octanol–water partition coefficient (Wildman–Crippen LogP) is 3.34. The zero-order chi connectivity index (χ0) is 15.2. The van der Waals surface area contributed by atoms with Crippen LogP contribution in [0.15, 0.2) is 53.0 Å². The average Bonchev–Trinajstić information content (AvgIpc) is 2.46. The number of carbonyl (C=O) groups is 1. The molecule has 21 heavy (non-hydrogen) atoms. The second kappa shape index (κ2) is 6.85. The first-order valence-corrected chi connectivity index (χ1v) is 6.67. The number of nitrogens with zero attached hydrogens (tertiary/aromatic N) is 1. The maximum atomic E-state index is 11.6. The van der Waals surface area contributed by atoms with Crippen molar-refractivity contribution in [3.63, 3.8) is 0 Å². The zero-order valence-corrected chi connectivity index (χ0v) is 12.3. The van der Waals surface area contributed by atoms with Gasteiger partial charge in [-0.3, -0.25) is 10.1 Å². The number of esters is 1. The van der Waals surface area contributed by atoms with E-state index in [0.717, 1.165) is 4.47 Å². The lowest BCUT2D eigenvalue weighted by molar-refractivity contribution is -0.384. The van der Waals surface area contributed by atoms with Gasteiger partial charge in [0.1, 0.15) is 11.5 Å². The predicted molar refractivity (Wildman–Crippen MR) is 78.4 cm³/mol. The number of rotatable bonds is 5. The van der Waals surface area contributed by atoms with E-state index in [-0.39, 0.29) is 18.0 Å². The second-order valence-electron chi connectivity index (χ2n) is 3.97. The van der Waals surface area contributed by atoms with Crippen molar-refractivity contribution in [3.05, 3.63) is 63.1 Å². The zero-order valence-electron chi connectivity index (χ0n) is 10.7. The molecule has 0 radical (unpaired) electrons. The monoisotopic (exact) mass is 351 g/mol. The number of benzene rings is 2. The quantitative estimate of drug-likeness (QED) is 0.357. The largest absolute Gasteiger partial charge is 0.482 e. The minimum Gasteiger partial charge on any atom is -0.482 e. The number of hydrogen-bond donors (Lipinski definition) is 0. The van der Waals surface area contributed by atoms with Crippen LogP contribution < -0.4 is 9.47 Å². The molecule has 0 spiro atoms. The maximum Gasteiger partial charge on any atom is 0.349 e. The van der Waals surface area contributed by atoms with Gasteiger partial charge in [0.15, 0.2) is 6.61 Å². The molecule has 0 aromatic heterocycles. The van der Waals surface area contributed by atoms with Crippen molar-refractivity contribution >= 4 is 27.6 Å². The van der Waals surface area contributed by atoms with Gasteiger partial charge in [-0.1, -0.05) is 22.0 Å². The van der Waals surface area contributed by atoms with E-state index >= 15 is 0 Å². The van der Waals surface area contributed by atoms with Crippen molar-refractivity contribution in [3.8, 4) is 11.5 Å². The van der Waals surface area contributed by atoms with E-state index in [1.165, 1.54) is 24.3 Å². The van der Waals surface area contributed by atoms with E-state index in [9.17, 15) is 14.9 Å². The molecule has 0 aliphatic rings. The molecule has 0 saturated carbocycles. The van der Waals surface area contributed by atoms with Crippen molar-refractivity contribution in [2.24, 2.45) is 0 Å².